The fourth-order valence-electron chi connectivity index (χ4n) is 1.58. The molecular weight excluding hydrogens is 360 g/mol. The molecule has 0 amide bonds. The monoisotopic (exact) mass is 380 g/mol. The van der Waals surface area contributed by atoms with E-state index in [1.807, 2.05) is 6.07 Å². The van der Waals surface area contributed by atoms with Crippen LogP contribution in [0.3, 0.4) is 0 Å². The highest BCUT2D eigenvalue weighted by Gasteiger charge is 2.20. The molecule has 5 N–H and O–H groups in total. The average Bonchev–Trinajstić information content (AvgIpc) is 2.62. The number of hydrazone groups is 2. The Morgan fingerprint density at radius 1 is 1.04 bits per heavy atom. The Morgan fingerprint density at radius 3 is 2.04 bits per heavy atom. The summed E-state index contributed by atoms with van der Waals surface area (Å²) in [6.45, 7) is 3.47. The van der Waals surface area contributed by atoms with Crippen LogP contribution in [0.4, 0.5) is 0 Å². The second-order valence-corrected chi connectivity index (χ2v) is 5.67. The van der Waals surface area contributed by atoms with Gasteiger partial charge in [-0.2, -0.15) is 10.2 Å². The van der Waals surface area contributed by atoms with Gasteiger partial charge in [0.25, 0.3) is 0 Å². The predicted molar refractivity (Wildman–Crippen MR) is 107 cm³/mol. The number of nitrogens with one attached hydrogen (secondary N) is 4. The van der Waals surface area contributed by atoms with E-state index in [0.29, 0.717) is 22.1 Å². The zero-order valence-electron chi connectivity index (χ0n) is 14.0. The van der Waals surface area contributed by atoms with Crippen molar-refractivity contribution >= 4 is 52.1 Å². The third kappa shape index (κ3) is 7.23. The summed E-state index contributed by atoms with van der Waals surface area (Å²) in [6.07, 6.45) is 0. The number of thiocarbonyl (C=S) groups is 2. The molecule has 1 unspecified atom stereocenters. The van der Waals surface area contributed by atoms with E-state index in [1.165, 1.54) is 0 Å². The van der Waals surface area contributed by atoms with Crippen LogP contribution >= 0.6 is 24.4 Å². The minimum Gasteiger partial charge on any atom is -0.479 e. The van der Waals surface area contributed by atoms with Crippen molar-refractivity contribution in [2.75, 3.05) is 7.05 Å². The van der Waals surface area contributed by atoms with Gasteiger partial charge in [0.2, 0.25) is 0 Å². The largest absolute Gasteiger partial charge is 0.479 e. The third-order valence-electron chi connectivity index (χ3n) is 3.06. The van der Waals surface area contributed by atoms with Crippen molar-refractivity contribution in [2.45, 2.75) is 19.9 Å². The molecule has 0 saturated carbocycles. The molecule has 1 aromatic carbocycles. The highest BCUT2D eigenvalue weighted by Crippen LogP contribution is 2.12. The smallest absolute Gasteiger partial charge is 0.330 e. The summed E-state index contributed by atoms with van der Waals surface area (Å²) in [5.41, 5.74) is 6.98. The van der Waals surface area contributed by atoms with E-state index >= 15 is 0 Å². The Hall–Kier alpha value is -2.59. The fourth-order valence-corrected chi connectivity index (χ4v) is 1.79. The fraction of sp³-hybridized carbons (Fsp3) is 0.267. The summed E-state index contributed by atoms with van der Waals surface area (Å²) in [5.74, 6) is -1.04. The number of nitrogens with zero attached hydrogens (tertiary/aromatic N) is 2. The molecule has 0 saturated heterocycles. The molecule has 0 spiro atoms. The Kier molecular flexibility index (Phi) is 8.44. The lowest BCUT2D eigenvalue weighted by molar-refractivity contribution is -0.139. The van der Waals surface area contributed by atoms with Gasteiger partial charge in [0.05, 0.1) is 11.4 Å². The van der Waals surface area contributed by atoms with Crippen LogP contribution in [-0.2, 0) is 4.79 Å². The second-order valence-electron chi connectivity index (χ2n) is 4.85. The van der Waals surface area contributed by atoms with Crippen LogP contribution in [0.1, 0.15) is 25.5 Å². The average molecular weight is 380 g/mol. The van der Waals surface area contributed by atoms with Crippen molar-refractivity contribution in [1.29, 1.82) is 0 Å². The number of carboxylic acids is 1. The summed E-state index contributed by atoms with van der Waals surface area (Å²) >= 11 is 10.0. The molecule has 25 heavy (non-hydrogen) atoms. The first kappa shape index (κ1) is 20.5. The van der Waals surface area contributed by atoms with Crippen LogP contribution in [0.2, 0.25) is 0 Å². The van der Waals surface area contributed by atoms with Gasteiger partial charge in [-0.15, -0.1) is 0 Å². The lowest BCUT2D eigenvalue weighted by Gasteiger charge is -2.16. The maximum Gasteiger partial charge on any atom is 0.330 e. The number of benzene rings is 1. The summed E-state index contributed by atoms with van der Waals surface area (Å²) in [6, 6.07) is 7.76. The summed E-state index contributed by atoms with van der Waals surface area (Å²) in [7, 11) is 1.68. The first-order valence-electron chi connectivity index (χ1n) is 7.26. The minimum absolute atomic E-state index is 0.0853. The lowest BCUT2D eigenvalue weighted by atomic mass is 10.1. The maximum atomic E-state index is 11.4. The molecule has 0 radical (unpaired) electrons. The van der Waals surface area contributed by atoms with Crippen LogP contribution in [0.5, 0.6) is 0 Å². The molecule has 0 bridgehead atoms. The molecular formula is C15H20N6O2S2. The summed E-state index contributed by atoms with van der Waals surface area (Å²) in [5, 5.41) is 23.4. The van der Waals surface area contributed by atoms with E-state index in [1.54, 1.807) is 45.2 Å². The van der Waals surface area contributed by atoms with E-state index < -0.39 is 12.0 Å². The number of hydrogen-bond donors (Lipinski definition) is 5. The van der Waals surface area contributed by atoms with Crippen molar-refractivity contribution < 1.29 is 9.90 Å². The number of hydrogen-bond acceptors (Lipinski definition) is 5. The zero-order chi connectivity index (χ0) is 18.8. The molecule has 1 aromatic rings. The molecule has 0 aliphatic carbocycles. The lowest BCUT2D eigenvalue weighted by Crippen LogP contribution is -2.39. The zero-order valence-corrected chi connectivity index (χ0v) is 15.7. The van der Waals surface area contributed by atoms with E-state index in [-0.39, 0.29) is 5.11 Å². The number of rotatable bonds is 6. The maximum absolute atomic E-state index is 11.4. The van der Waals surface area contributed by atoms with Crippen LogP contribution in [0, 0.1) is 0 Å². The van der Waals surface area contributed by atoms with Gasteiger partial charge < -0.3 is 15.7 Å². The van der Waals surface area contributed by atoms with Crippen molar-refractivity contribution in [3.05, 3.63) is 35.9 Å². The minimum atomic E-state index is -1.04. The second kappa shape index (κ2) is 10.3. The van der Waals surface area contributed by atoms with Gasteiger partial charge >= 0.3 is 5.97 Å². The summed E-state index contributed by atoms with van der Waals surface area (Å²) in [4.78, 5) is 11.4. The SMILES string of the molecule is CNC(=S)N/N=C(C)/C(C)=N/NC(=S)NC(C(=O)O)c1ccccc1. The summed E-state index contributed by atoms with van der Waals surface area (Å²) < 4.78 is 0. The first-order chi connectivity index (χ1) is 11.8. The first-order valence-corrected chi connectivity index (χ1v) is 8.07. The van der Waals surface area contributed by atoms with Gasteiger partial charge in [-0.05, 0) is 43.8 Å². The van der Waals surface area contributed by atoms with Crippen LogP contribution in [0.25, 0.3) is 0 Å². The molecule has 1 atom stereocenters. The van der Waals surface area contributed by atoms with Gasteiger partial charge in [-0.3, -0.25) is 10.9 Å². The third-order valence-corrected chi connectivity index (χ3v) is 3.56. The highest BCUT2D eigenvalue weighted by molar-refractivity contribution is 7.80. The van der Waals surface area contributed by atoms with Gasteiger partial charge in [0, 0.05) is 7.05 Å². The molecule has 8 nitrogen and oxygen atoms in total. The number of carboxylic acid groups (broad SMARTS) is 1. The standard InChI is InChI=1S/C15H20N6O2S2/c1-9(18-20-14(24)16-3)10(2)19-21-15(25)17-12(13(22)23)11-7-5-4-6-8-11/h4-8,12H,1-3H3,(H,22,23)(H2,16,20,24)(H2,17,21,25)/b18-9+,19-10+. The topological polar surface area (TPSA) is 110 Å². The van der Waals surface area contributed by atoms with Gasteiger partial charge in [-0.25, -0.2) is 4.79 Å². The molecule has 0 aromatic heterocycles. The van der Waals surface area contributed by atoms with Crippen molar-refractivity contribution in [2.24, 2.45) is 10.2 Å². The van der Waals surface area contributed by atoms with Crippen LogP contribution < -0.4 is 21.5 Å². The Morgan fingerprint density at radius 2 is 1.56 bits per heavy atom. The van der Waals surface area contributed by atoms with E-state index in [4.69, 9.17) is 24.4 Å². The van der Waals surface area contributed by atoms with Gasteiger partial charge in [0.15, 0.2) is 16.3 Å². The van der Waals surface area contributed by atoms with Crippen LogP contribution in [0.15, 0.2) is 40.5 Å². The molecule has 0 aliphatic heterocycles. The number of carbonyl (C=O) groups is 1. The predicted octanol–water partition coefficient (Wildman–Crippen LogP) is 1.12. The number of aliphatic carboxylic acids is 1. The molecule has 1 rings (SSSR count). The normalized spacial score (nSPS) is 12.8. The molecule has 134 valence electrons. The van der Waals surface area contributed by atoms with Crippen LogP contribution in [-0.4, -0.2) is 39.8 Å². The van der Waals surface area contributed by atoms with Crippen molar-refractivity contribution in [3.8, 4) is 0 Å². The highest BCUT2D eigenvalue weighted by atomic mass is 32.1. The van der Waals surface area contributed by atoms with E-state index in [2.05, 4.69) is 31.7 Å². The Balaban J connectivity index is 2.68. The van der Waals surface area contributed by atoms with E-state index in [0.717, 1.165) is 0 Å². The van der Waals surface area contributed by atoms with Crippen molar-refractivity contribution in [1.82, 2.24) is 21.5 Å². The quantitative estimate of drug-likeness (QED) is 0.284. The Labute approximate surface area is 156 Å². The molecule has 0 fully saturated rings. The van der Waals surface area contributed by atoms with Crippen molar-refractivity contribution in [3.63, 3.8) is 0 Å². The molecule has 10 heteroatoms. The Bertz CT molecular complexity index is 691. The van der Waals surface area contributed by atoms with E-state index in [9.17, 15) is 9.90 Å². The molecule has 0 aliphatic rings. The van der Waals surface area contributed by atoms with Gasteiger partial charge in [0.1, 0.15) is 0 Å². The molecule has 0 heterocycles. The van der Waals surface area contributed by atoms with Gasteiger partial charge in [-0.1, -0.05) is 30.3 Å².